The van der Waals surface area contributed by atoms with E-state index in [2.05, 4.69) is 16.3 Å². The Morgan fingerprint density at radius 1 is 1.16 bits per heavy atom. The molecule has 0 aliphatic carbocycles. The fourth-order valence-electron chi connectivity index (χ4n) is 2.87. The molecule has 0 unspecified atom stereocenters. The third kappa shape index (κ3) is 4.23. The summed E-state index contributed by atoms with van der Waals surface area (Å²) in [5.74, 6) is -0.302. The summed E-state index contributed by atoms with van der Waals surface area (Å²) in [7, 11) is 0. The lowest BCUT2D eigenvalue weighted by molar-refractivity contribution is 0.194. The summed E-state index contributed by atoms with van der Waals surface area (Å²) in [5.41, 5.74) is 2.61. The number of nitrogens with zero attached hydrogens (tertiary/aromatic N) is 2. The molecule has 1 aliphatic heterocycles. The van der Waals surface area contributed by atoms with Crippen molar-refractivity contribution < 1.29 is 9.18 Å². The summed E-state index contributed by atoms with van der Waals surface area (Å²) in [4.78, 5) is 16.2. The molecule has 1 heterocycles. The van der Waals surface area contributed by atoms with Crippen LogP contribution in [0, 0.1) is 12.7 Å². The van der Waals surface area contributed by atoms with Crippen LogP contribution in [0.4, 0.5) is 14.9 Å². The normalized spacial score (nSPS) is 14.5. The number of hydrogen-bond donors (Lipinski definition) is 1. The van der Waals surface area contributed by atoms with Gasteiger partial charge in [-0.2, -0.15) is 0 Å². The lowest BCUT2D eigenvalue weighted by atomic mass is 10.2. The van der Waals surface area contributed by atoms with Crippen LogP contribution in [-0.2, 0) is 6.54 Å². The number of benzene rings is 2. The second-order valence-corrected chi connectivity index (χ2v) is 6.56. The molecule has 4 nitrogen and oxygen atoms in total. The number of rotatable bonds is 3. The van der Waals surface area contributed by atoms with Gasteiger partial charge < -0.3 is 15.1 Å². The van der Waals surface area contributed by atoms with Crippen LogP contribution in [-0.4, -0.2) is 37.1 Å². The Labute approximate surface area is 152 Å². The van der Waals surface area contributed by atoms with Crippen molar-refractivity contribution in [1.29, 1.82) is 0 Å². The summed E-state index contributed by atoms with van der Waals surface area (Å²) < 4.78 is 13.6. The van der Waals surface area contributed by atoms with Crippen LogP contribution in [0.25, 0.3) is 0 Å². The molecule has 1 N–H and O–H groups in total. The van der Waals surface area contributed by atoms with Gasteiger partial charge in [-0.05, 0) is 30.7 Å². The van der Waals surface area contributed by atoms with E-state index in [9.17, 15) is 9.18 Å². The van der Waals surface area contributed by atoms with E-state index in [0.717, 1.165) is 29.4 Å². The van der Waals surface area contributed by atoms with Crippen LogP contribution < -0.4 is 10.2 Å². The van der Waals surface area contributed by atoms with Gasteiger partial charge in [0.2, 0.25) is 0 Å². The number of nitrogens with one attached hydrogen (secondary N) is 1. The van der Waals surface area contributed by atoms with Crippen molar-refractivity contribution in [2.75, 3.05) is 31.1 Å². The van der Waals surface area contributed by atoms with Crippen molar-refractivity contribution in [3.05, 3.63) is 64.4 Å². The van der Waals surface area contributed by atoms with Gasteiger partial charge in [0, 0.05) is 49.0 Å². The van der Waals surface area contributed by atoms with Crippen molar-refractivity contribution in [2.24, 2.45) is 0 Å². The minimum Gasteiger partial charge on any atom is -0.368 e. The van der Waals surface area contributed by atoms with Crippen LogP contribution in [0.5, 0.6) is 0 Å². The number of carbonyl (C=O) groups is 1. The second-order valence-electron chi connectivity index (χ2n) is 6.16. The maximum Gasteiger partial charge on any atom is 0.317 e. The van der Waals surface area contributed by atoms with E-state index in [1.165, 1.54) is 6.07 Å². The fraction of sp³-hybridized carbons (Fsp3) is 0.316. The minimum atomic E-state index is -0.302. The molecule has 0 atom stereocenters. The molecule has 0 radical (unpaired) electrons. The molecule has 6 heteroatoms. The van der Waals surface area contributed by atoms with Crippen LogP contribution in [0.2, 0.25) is 5.02 Å². The Morgan fingerprint density at radius 2 is 1.88 bits per heavy atom. The third-order valence-electron chi connectivity index (χ3n) is 4.48. The number of anilines is 1. The summed E-state index contributed by atoms with van der Waals surface area (Å²) in [6.07, 6.45) is 0. The quantitative estimate of drug-likeness (QED) is 0.902. The first-order valence-corrected chi connectivity index (χ1v) is 8.69. The molecule has 3 rings (SSSR count). The zero-order chi connectivity index (χ0) is 17.8. The monoisotopic (exact) mass is 361 g/mol. The molecule has 2 amide bonds. The molecule has 25 heavy (non-hydrogen) atoms. The van der Waals surface area contributed by atoms with Crippen LogP contribution in [0.3, 0.4) is 0 Å². The first kappa shape index (κ1) is 17.5. The number of aryl methyl sites for hydroxylation is 1. The highest BCUT2D eigenvalue weighted by molar-refractivity contribution is 6.31. The molecular formula is C19H21ClFN3O. The maximum atomic E-state index is 13.6. The number of urea groups is 1. The topological polar surface area (TPSA) is 35.6 Å². The molecule has 0 bridgehead atoms. The van der Waals surface area contributed by atoms with Gasteiger partial charge in [0.25, 0.3) is 0 Å². The van der Waals surface area contributed by atoms with E-state index in [0.29, 0.717) is 18.7 Å². The van der Waals surface area contributed by atoms with E-state index in [1.54, 1.807) is 23.1 Å². The average molecular weight is 362 g/mol. The van der Waals surface area contributed by atoms with E-state index in [1.807, 2.05) is 19.1 Å². The van der Waals surface area contributed by atoms with Gasteiger partial charge in [0.05, 0.1) is 0 Å². The molecule has 132 valence electrons. The van der Waals surface area contributed by atoms with Crippen molar-refractivity contribution in [3.63, 3.8) is 0 Å². The lowest BCUT2D eigenvalue weighted by Crippen LogP contribution is -2.51. The number of hydrogen-bond acceptors (Lipinski definition) is 2. The molecule has 0 aromatic heterocycles. The first-order chi connectivity index (χ1) is 12.0. The fourth-order valence-corrected chi connectivity index (χ4v) is 3.05. The van der Waals surface area contributed by atoms with Crippen molar-refractivity contribution in [2.45, 2.75) is 13.5 Å². The highest BCUT2D eigenvalue weighted by atomic mass is 35.5. The number of halogens is 2. The summed E-state index contributed by atoms with van der Waals surface area (Å²) in [6.45, 7) is 4.89. The molecule has 1 aliphatic rings. The Balaban J connectivity index is 1.52. The predicted molar refractivity (Wildman–Crippen MR) is 98.6 cm³/mol. The number of amides is 2. The second kappa shape index (κ2) is 7.74. The number of carbonyl (C=O) groups excluding carboxylic acids is 1. The largest absolute Gasteiger partial charge is 0.368 e. The zero-order valence-electron chi connectivity index (χ0n) is 14.1. The zero-order valence-corrected chi connectivity index (χ0v) is 14.9. The molecule has 0 saturated carbocycles. The van der Waals surface area contributed by atoms with Crippen molar-refractivity contribution >= 4 is 23.3 Å². The van der Waals surface area contributed by atoms with Gasteiger partial charge in [-0.3, -0.25) is 0 Å². The van der Waals surface area contributed by atoms with Gasteiger partial charge in [-0.25, -0.2) is 9.18 Å². The van der Waals surface area contributed by atoms with E-state index in [-0.39, 0.29) is 18.4 Å². The molecule has 1 fully saturated rings. The standard InChI is InChI=1S/C19H21ClFN3O/c1-14-6-7-16(12-17(14)20)23-8-10-24(11-9-23)19(25)22-13-15-4-2-3-5-18(15)21/h2-7,12H,8-11,13H2,1H3,(H,22,25). The molecule has 1 saturated heterocycles. The molecular weight excluding hydrogens is 341 g/mol. The van der Waals surface area contributed by atoms with Crippen molar-refractivity contribution in [3.8, 4) is 0 Å². The summed E-state index contributed by atoms with van der Waals surface area (Å²) in [5, 5.41) is 3.54. The molecule has 2 aromatic rings. The maximum absolute atomic E-state index is 13.6. The van der Waals surface area contributed by atoms with Gasteiger partial charge >= 0.3 is 6.03 Å². The highest BCUT2D eigenvalue weighted by Crippen LogP contribution is 2.24. The predicted octanol–water partition coefficient (Wildman–Crippen LogP) is 3.82. The van der Waals surface area contributed by atoms with Crippen LogP contribution >= 0.6 is 11.6 Å². The Morgan fingerprint density at radius 3 is 2.56 bits per heavy atom. The Bertz CT molecular complexity index is 760. The average Bonchev–Trinajstić information content (AvgIpc) is 2.63. The van der Waals surface area contributed by atoms with Gasteiger partial charge in [-0.1, -0.05) is 35.9 Å². The smallest absolute Gasteiger partial charge is 0.317 e. The molecule has 2 aromatic carbocycles. The van der Waals surface area contributed by atoms with Gasteiger partial charge in [0.15, 0.2) is 0 Å². The van der Waals surface area contributed by atoms with E-state index in [4.69, 9.17) is 11.6 Å². The summed E-state index contributed by atoms with van der Waals surface area (Å²) in [6, 6.07) is 12.3. The SMILES string of the molecule is Cc1ccc(N2CCN(C(=O)NCc3ccccc3F)CC2)cc1Cl. The van der Waals surface area contributed by atoms with Gasteiger partial charge in [0.1, 0.15) is 5.82 Å². The summed E-state index contributed by atoms with van der Waals surface area (Å²) >= 11 is 6.19. The third-order valence-corrected chi connectivity index (χ3v) is 4.88. The molecule has 0 spiro atoms. The minimum absolute atomic E-state index is 0.162. The Hall–Kier alpha value is -2.27. The van der Waals surface area contributed by atoms with Crippen LogP contribution in [0.1, 0.15) is 11.1 Å². The lowest BCUT2D eigenvalue weighted by Gasteiger charge is -2.36. The first-order valence-electron chi connectivity index (χ1n) is 8.32. The van der Waals surface area contributed by atoms with E-state index < -0.39 is 0 Å². The van der Waals surface area contributed by atoms with E-state index >= 15 is 0 Å². The van der Waals surface area contributed by atoms with Gasteiger partial charge in [-0.15, -0.1) is 0 Å². The van der Waals surface area contributed by atoms with Crippen LogP contribution in [0.15, 0.2) is 42.5 Å². The van der Waals surface area contributed by atoms with Crippen molar-refractivity contribution in [1.82, 2.24) is 10.2 Å². The highest BCUT2D eigenvalue weighted by Gasteiger charge is 2.21. The Kier molecular flexibility index (Phi) is 5.43. The number of piperazine rings is 1.